The molecule has 4 heteroatoms. The summed E-state index contributed by atoms with van der Waals surface area (Å²) >= 11 is 0. The Morgan fingerprint density at radius 2 is 2.06 bits per heavy atom. The van der Waals surface area contributed by atoms with Crippen LogP contribution in [0.15, 0.2) is 17.7 Å². The minimum absolute atomic E-state index is 0.120. The summed E-state index contributed by atoms with van der Waals surface area (Å²) in [4.78, 5) is 16.3. The van der Waals surface area contributed by atoms with E-state index in [1.165, 1.54) is 0 Å². The zero-order chi connectivity index (χ0) is 13.9. The van der Waals surface area contributed by atoms with E-state index in [1.54, 1.807) is 6.08 Å². The molecule has 1 amide bonds. The topological polar surface area (TPSA) is 42.0 Å². The van der Waals surface area contributed by atoms with Crippen molar-refractivity contribution in [1.29, 1.82) is 0 Å². The van der Waals surface area contributed by atoms with Gasteiger partial charge in [-0.25, -0.2) is 4.98 Å². The number of allylic oxidation sites excluding steroid dienone is 1. The molecule has 0 radical (unpaired) electrons. The molecule has 0 saturated carbocycles. The number of pyridine rings is 1. The Kier molecular flexibility index (Phi) is 4.71. The van der Waals surface area contributed by atoms with Gasteiger partial charge in [-0.2, -0.15) is 0 Å². The molecule has 18 heavy (non-hydrogen) atoms. The molecule has 0 aliphatic carbocycles. The first-order chi connectivity index (χ1) is 8.31. The first-order valence-corrected chi connectivity index (χ1v) is 6.25. The van der Waals surface area contributed by atoms with Crippen molar-refractivity contribution < 1.29 is 4.79 Å². The predicted molar refractivity (Wildman–Crippen MR) is 79.3 cm³/mol. The Balaban J connectivity index is 3.08. The maximum Gasteiger partial charge on any atom is 0.249 e. The standard InChI is InChI=1S/C14H21BN2O/c1-8(2)6-12(18)17-14-13(15)10(5)7-11(16-14)9(3)4/h6-7,9H,15H2,1-5H3,(H,16,17,18). The first-order valence-electron chi connectivity index (χ1n) is 6.25. The van der Waals surface area contributed by atoms with Gasteiger partial charge >= 0.3 is 0 Å². The number of carbonyl (C=O) groups excluding carboxylic acids is 1. The zero-order valence-electron chi connectivity index (χ0n) is 12.1. The molecular formula is C14H21BN2O. The second kappa shape index (κ2) is 5.85. The van der Waals surface area contributed by atoms with Gasteiger partial charge in [-0.15, -0.1) is 0 Å². The lowest BCUT2D eigenvalue weighted by Crippen LogP contribution is -2.22. The van der Waals surface area contributed by atoms with Gasteiger partial charge in [0.2, 0.25) is 5.91 Å². The van der Waals surface area contributed by atoms with Gasteiger partial charge in [0.05, 0.1) is 0 Å². The lowest BCUT2D eigenvalue weighted by Gasteiger charge is -2.13. The Bertz CT molecular complexity index is 489. The lowest BCUT2D eigenvalue weighted by atomic mass is 9.90. The zero-order valence-corrected chi connectivity index (χ0v) is 12.1. The Labute approximate surface area is 110 Å². The third-order valence-electron chi connectivity index (χ3n) is 2.80. The van der Waals surface area contributed by atoms with Crippen LogP contribution in [0.25, 0.3) is 0 Å². The molecule has 0 bridgehead atoms. The second-order valence-corrected chi connectivity index (χ2v) is 5.20. The number of nitrogens with one attached hydrogen (secondary N) is 1. The molecule has 1 heterocycles. The summed E-state index contributed by atoms with van der Waals surface area (Å²) in [7, 11) is 1.98. The van der Waals surface area contributed by atoms with Gasteiger partial charge in [0.25, 0.3) is 0 Å². The summed E-state index contributed by atoms with van der Waals surface area (Å²) in [6, 6.07) is 2.08. The van der Waals surface area contributed by atoms with E-state index >= 15 is 0 Å². The normalized spacial score (nSPS) is 10.3. The van der Waals surface area contributed by atoms with Crippen LogP contribution in [0, 0.1) is 6.92 Å². The molecule has 0 aromatic carbocycles. The van der Waals surface area contributed by atoms with E-state index in [-0.39, 0.29) is 5.91 Å². The van der Waals surface area contributed by atoms with Gasteiger partial charge in [-0.05, 0) is 38.2 Å². The fraction of sp³-hybridized carbons (Fsp3) is 0.429. The average molecular weight is 244 g/mol. The van der Waals surface area contributed by atoms with Crippen molar-refractivity contribution in [1.82, 2.24) is 4.98 Å². The van der Waals surface area contributed by atoms with E-state index in [0.717, 1.165) is 22.3 Å². The van der Waals surface area contributed by atoms with Crippen molar-refractivity contribution in [3.8, 4) is 0 Å². The summed E-state index contributed by atoms with van der Waals surface area (Å²) in [5.41, 5.74) is 4.16. The SMILES string of the molecule is Bc1c(C)cc(C(C)C)nc1NC(=O)C=C(C)C. The number of hydrogen-bond acceptors (Lipinski definition) is 2. The molecule has 0 fully saturated rings. The molecule has 0 unspecified atom stereocenters. The van der Waals surface area contributed by atoms with Crippen LogP contribution in [-0.4, -0.2) is 18.7 Å². The molecule has 96 valence electrons. The maximum absolute atomic E-state index is 11.7. The number of hydrogen-bond donors (Lipinski definition) is 1. The van der Waals surface area contributed by atoms with Crippen molar-refractivity contribution >= 4 is 25.0 Å². The van der Waals surface area contributed by atoms with E-state index < -0.39 is 0 Å². The molecule has 0 atom stereocenters. The highest BCUT2D eigenvalue weighted by Crippen LogP contribution is 2.15. The lowest BCUT2D eigenvalue weighted by molar-refractivity contribution is -0.112. The van der Waals surface area contributed by atoms with E-state index in [1.807, 2.05) is 28.6 Å². The molecule has 1 aromatic heterocycles. The third-order valence-corrected chi connectivity index (χ3v) is 2.80. The second-order valence-electron chi connectivity index (χ2n) is 5.20. The highest BCUT2D eigenvalue weighted by molar-refractivity contribution is 6.37. The number of amides is 1. The smallest absolute Gasteiger partial charge is 0.249 e. The summed E-state index contributed by atoms with van der Waals surface area (Å²) in [6.45, 7) is 10.0. The van der Waals surface area contributed by atoms with Crippen molar-refractivity contribution in [2.24, 2.45) is 0 Å². The van der Waals surface area contributed by atoms with Crippen molar-refractivity contribution in [2.75, 3.05) is 5.32 Å². The number of anilines is 1. The van der Waals surface area contributed by atoms with E-state index in [9.17, 15) is 4.79 Å². The van der Waals surface area contributed by atoms with Crippen LogP contribution in [0.1, 0.15) is 44.9 Å². The molecule has 1 rings (SSSR count). The van der Waals surface area contributed by atoms with E-state index in [0.29, 0.717) is 11.7 Å². The summed E-state index contributed by atoms with van der Waals surface area (Å²) in [5, 5.41) is 2.85. The number of aromatic nitrogens is 1. The van der Waals surface area contributed by atoms with Crippen LogP contribution in [-0.2, 0) is 4.79 Å². The quantitative estimate of drug-likeness (QED) is 0.649. The van der Waals surface area contributed by atoms with Crippen molar-refractivity contribution in [2.45, 2.75) is 40.5 Å². The summed E-state index contributed by atoms with van der Waals surface area (Å²) in [6.07, 6.45) is 1.58. The molecule has 3 nitrogen and oxygen atoms in total. The Morgan fingerprint density at radius 1 is 1.44 bits per heavy atom. The molecule has 1 aromatic rings. The number of rotatable bonds is 3. The monoisotopic (exact) mass is 244 g/mol. The fourth-order valence-electron chi connectivity index (χ4n) is 1.59. The van der Waals surface area contributed by atoms with Crippen molar-refractivity contribution in [3.05, 3.63) is 29.0 Å². The Morgan fingerprint density at radius 3 is 2.56 bits per heavy atom. The van der Waals surface area contributed by atoms with E-state index in [2.05, 4.69) is 30.2 Å². The van der Waals surface area contributed by atoms with Gasteiger partial charge in [-0.1, -0.05) is 25.0 Å². The molecular weight excluding hydrogens is 223 g/mol. The molecule has 0 aliphatic rings. The molecule has 0 saturated heterocycles. The van der Waals surface area contributed by atoms with Gasteiger partial charge in [0.15, 0.2) is 0 Å². The van der Waals surface area contributed by atoms with Crippen LogP contribution in [0.4, 0.5) is 5.82 Å². The van der Waals surface area contributed by atoms with E-state index in [4.69, 9.17) is 0 Å². The number of carbonyl (C=O) groups is 1. The minimum atomic E-state index is -0.120. The fourth-order valence-corrected chi connectivity index (χ4v) is 1.59. The van der Waals surface area contributed by atoms with Gasteiger partial charge in [0, 0.05) is 11.8 Å². The van der Waals surface area contributed by atoms with Crippen LogP contribution in [0.2, 0.25) is 0 Å². The Hall–Kier alpha value is -1.58. The molecule has 0 spiro atoms. The van der Waals surface area contributed by atoms with Crippen LogP contribution in [0.3, 0.4) is 0 Å². The highest BCUT2D eigenvalue weighted by Gasteiger charge is 2.10. The van der Waals surface area contributed by atoms with Gasteiger partial charge < -0.3 is 5.32 Å². The third kappa shape index (κ3) is 3.72. The number of aryl methyl sites for hydroxylation is 1. The highest BCUT2D eigenvalue weighted by atomic mass is 16.1. The van der Waals surface area contributed by atoms with Gasteiger partial charge in [0.1, 0.15) is 13.7 Å². The van der Waals surface area contributed by atoms with Crippen LogP contribution < -0.4 is 10.8 Å². The summed E-state index contributed by atoms with van der Waals surface area (Å²) in [5.74, 6) is 0.899. The van der Waals surface area contributed by atoms with Crippen molar-refractivity contribution in [3.63, 3.8) is 0 Å². The maximum atomic E-state index is 11.7. The largest absolute Gasteiger partial charge is 0.308 e. The molecule has 1 N–H and O–H groups in total. The minimum Gasteiger partial charge on any atom is -0.308 e. The predicted octanol–water partition coefficient (Wildman–Crippen LogP) is 1.68. The first kappa shape index (κ1) is 14.5. The van der Waals surface area contributed by atoms with Gasteiger partial charge in [-0.3, -0.25) is 4.79 Å². The number of nitrogens with zero attached hydrogens (tertiary/aromatic N) is 1. The average Bonchev–Trinajstić information content (AvgIpc) is 2.22. The molecule has 0 aliphatic heterocycles. The van der Waals surface area contributed by atoms with Crippen LogP contribution >= 0.6 is 0 Å². The van der Waals surface area contributed by atoms with Crippen LogP contribution in [0.5, 0.6) is 0 Å². The summed E-state index contributed by atoms with van der Waals surface area (Å²) < 4.78 is 0.